The van der Waals surface area contributed by atoms with E-state index in [0.717, 1.165) is 46.1 Å². The van der Waals surface area contributed by atoms with Crippen molar-refractivity contribution in [1.29, 1.82) is 0 Å². The van der Waals surface area contributed by atoms with E-state index < -0.39 is 50.8 Å². The number of anilines is 1. The van der Waals surface area contributed by atoms with Crippen LogP contribution in [0.1, 0.15) is 57.8 Å². The van der Waals surface area contributed by atoms with Gasteiger partial charge in [0.15, 0.2) is 0 Å². The second-order valence-electron chi connectivity index (χ2n) is 13.1. The zero-order valence-corrected chi connectivity index (χ0v) is 29.5. The molecule has 3 fully saturated rings. The van der Waals surface area contributed by atoms with Crippen LogP contribution in [0.25, 0.3) is 10.2 Å². The van der Waals surface area contributed by atoms with Crippen LogP contribution in [0.2, 0.25) is 0 Å². The van der Waals surface area contributed by atoms with Gasteiger partial charge in [-0.2, -0.15) is 0 Å². The number of para-hydroxylation sites is 1. The largest absolute Gasteiger partial charge is 0.465 e. The Hall–Kier alpha value is -3.49. The Bertz CT molecular complexity index is 1850. The maximum absolute atomic E-state index is 14.4. The first-order chi connectivity index (χ1) is 23.1. The van der Waals surface area contributed by atoms with Gasteiger partial charge in [0, 0.05) is 22.5 Å². The highest BCUT2D eigenvalue weighted by Crippen LogP contribution is 2.46. The monoisotopic (exact) mass is 755 g/mol. The number of nitrogens with one attached hydrogen (secondary N) is 3. The molecule has 5 atom stereocenters. The van der Waals surface area contributed by atoms with E-state index in [2.05, 4.69) is 36.3 Å². The second-order valence-corrected chi connectivity index (χ2v) is 17.0. The van der Waals surface area contributed by atoms with Gasteiger partial charge in [0.2, 0.25) is 21.8 Å². The molecule has 0 bridgehead atoms. The SMILES string of the molecule is O=C1N[C@]2(C(=O)NS(=O)(=O)C3CC3)C[C@@H]2/C=C\CCCCC[C@H](Nc2ccccc2)C(=O)N2C[C@H](Oc3nc4ccc(Br)cc4s3)C[C@@H]12. The number of fused-ring (bicyclic) bond motifs is 3. The highest BCUT2D eigenvalue weighted by atomic mass is 79.9. The first-order valence-corrected chi connectivity index (χ1v) is 19.7. The van der Waals surface area contributed by atoms with Gasteiger partial charge in [-0.1, -0.05) is 70.5 Å². The Balaban J connectivity index is 1.18. The summed E-state index contributed by atoms with van der Waals surface area (Å²) in [5.74, 6) is -1.82. The minimum Gasteiger partial charge on any atom is -0.465 e. The number of ether oxygens (including phenoxy) is 1. The van der Waals surface area contributed by atoms with E-state index in [9.17, 15) is 22.8 Å². The molecule has 3 aromatic rings. The first kappa shape index (κ1) is 33.0. The molecule has 0 spiro atoms. The zero-order chi connectivity index (χ0) is 33.5. The second kappa shape index (κ2) is 13.4. The molecule has 48 heavy (non-hydrogen) atoms. The number of allylic oxidation sites excluding steroid dienone is 1. The molecule has 11 nitrogen and oxygen atoms in total. The summed E-state index contributed by atoms with van der Waals surface area (Å²) in [6.07, 6.45) is 8.86. The van der Waals surface area contributed by atoms with Gasteiger partial charge >= 0.3 is 0 Å². The summed E-state index contributed by atoms with van der Waals surface area (Å²) < 4.78 is 36.0. The predicted octanol–water partition coefficient (Wildman–Crippen LogP) is 4.89. The number of benzene rings is 2. The topological polar surface area (TPSA) is 147 Å². The molecule has 0 radical (unpaired) electrons. The lowest BCUT2D eigenvalue weighted by Gasteiger charge is -2.30. The molecular formula is C34H38BrN5O6S2. The van der Waals surface area contributed by atoms with Crippen molar-refractivity contribution in [2.75, 3.05) is 11.9 Å². The van der Waals surface area contributed by atoms with Gasteiger partial charge in [-0.15, -0.1) is 0 Å². The van der Waals surface area contributed by atoms with E-state index in [1.165, 1.54) is 11.3 Å². The van der Waals surface area contributed by atoms with Crippen LogP contribution in [0.3, 0.4) is 0 Å². The normalized spacial score (nSPS) is 28.7. The maximum Gasteiger partial charge on any atom is 0.274 e. The number of carbonyl (C=O) groups excluding carboxylic acids is 3. The number of nitrogens with zero attached hydrogens (tertiary/aromatic N) is 2. The average molecular weight is 757 g/mol. The summed E-state index contributed by atoms with van der Waals surface area (Å²) in [4.78, 5) is 48.4. The Morgan fingerprint density at radius 2 is 1.90 bits per heavy atom. The van der Waals surface area contributed by atoms with E-state index in [0.29, 0.717) is 24.5 Å². The number of aromatic nitrogens is 1. The number of sulfonamides is 1. The van der Waals surface area contributed by atoms with Crippen molar-refractivity contribution in [3.63, 3.8) is 0 Å². The highest BCUT2D eigenvalue weighted by molar-refractivity contribution is 9.10. The number of thiazole rings is 1. The minimum atomic E-state index is -3.83. The van der Waals surface area contributed by atoms with Crippen LogP contribution in [0.4, 0.5) is 5.69 Å². The lowest BCUT2D eigenvalue weighted by molar-refractivity contribution is -0.140. The Labute approximate surface area is 292 Å². The zero-order valence-electron chi connectivity index (χ0n) is 26.3. The van der Waals surface area contributed by atoms with Crippen molar-refractivity contribution >= 4 is 70.9 Å². The molecule has 3 heterocycles. The molecule has 7 rings (SSSR count). The number of carbonyl (C=O) groups is 3. The third-order valence-electron chi connectivity index (χ3n) is 9.56. The fourth-order valence-corrected chi connectivity index (χ4v) is 9.45. The smallest absolute Gasteiger partial charge is 0.274 e. The van der Waals surface area contributed by atoms with Crippen LogP contribution in [0, 0.1) is 5.92 Å². The summed E-state index contributed by atoms with van der Waals surface area (Å²) in [6.45, 7) is 0.155. The first-order valence-electron chi connectivity index (χ1n) is 16.5. The van der Waals surface area contributed by atoms with Crippen LogP contribution in [0.15, 0.2) is 65.2 Å². The number of hydrogen-bond acceptors (Lipinski definition) is 9. The molecule has 254 valence electrons. The summed E-state index contributed by atoms with van der Waals surface area (Å²) in [6, 6.07) is 13.8. The lowest BCUT2D eigenvalue weighted by atomic mass is 10.0. The molecule has 2 aromatic carbocycles. The summed E-state index contributed by atoms with van der Waals surface area (Å²) in [5.41, 5.74) is 0.179. The maximum atomic E-state index is 14.4. The van der Waals surface area contributed by atoms with Crippen molar-refractivity contribution in [2.45, 2.75) is 86.8 Å². The van der Waals surface area contributed by atoms with Gasteiger partial charge in [0.05, 0.1) is 22.0 Å². The standard InChI is InChI=1S/C34H38BrN5O6S2/c35-22-13-16-26-29(17-22)47-33(37-26)46-24-18-28-30(41)38-34(32(43)39-48(44,45)25-14-15-25)19-21(34)9-5-2-1-3-8-12-27(31(42)40(28)20-24)36-23-10-6-4-7-11-23/h4-7,9-11,13,16-17,21,24-25,27-28,36H,1-3,8,12,14-15,18-20H2,(H,38,41)(H,39,43)/b9-5-/t21-,24+,27-,28-,34+/m0/s1. The number of amides is 3. The van der Waals surface area contributed by atoms with Crippen molar-refractivity contribution in [2.24, 2.45) is 5.92 Å². The van der Waals surface area contributed by atoms with Gasteiger partial charge in [0.1, 0.15) is 23.7 Å². The fraction of sp³-hybridized carbons (Fsp3) is 0.471. The molecule has 0 unspecified atom stereocenters. The number of hydrogen-bond donors (Lipinski definition) is 3. The van der Waals surface area contributed by atoms with Crippen LogP contribution >= 0.6 is 27.3 Å². The lowest BCUT2D eigenvalue weighted by Crippen LogP contribution is -2.57. The molecule has 2 aliphatic heterocycles. The Morgan fingerprint density at radius 3 is 2.69 bits per heavy atom. The number of rotatable bonds is 7. The Kier molecular flexibility index (Phi) is 9.24. The molecule has 3 amide bonds. The number of halogens is 1. The fourth-order valence-electron chi connectivity index (χ4n) is 6.65. The molecule has 2 aliphatic carbocycles. The van der Waals surface area contributed by atoms with E-state index in [1.54, 1.807) is 4.90 Å². The van der Waals surface area contributed by atoms with Gasteiger partial charge in [-0.05, 0) is 68.9 Å². The summed E-state index contributed by atoms with van der Waals surface area (Å²) >= 11 is 4.88. The van der Waals surface area contributed by atoms with Crippen molar-refractivity contribution in [3.05, 3.63) is 65.2 Å². The molecule has 3 N–H and O–H groups in total. The van der Waals surface area contributed by atoms with Crippen molar-refractivity contribution in [3.8, 4) is 5.19 Å². The summed E-state index contributed by atoms with van der Waals surface area (Å²) in [7, 11) is -3.83. The van der Waals surface area contributed by atoms with E-state index in [1.807, 2.05) is 60.7 Å². The quantitative estimate of drug-likeness (QED) is 0.289. The van der Waals surface area contributed by atoms with Gasteiger partial charge in [-0.25, -0.2) is 13.4 Å². The van der Waals surface area contributed by atoms with E-state index in [-0.39, 0.29) is 31.2 Å². The minimum absolute atomic E-state index is 0.155. The predicted molar refractivity (Wildman–Crippen MR) is 187 cm³/mol. The van der Waals surface area contributed by atoms with Crippen molar-refractivity contribution < 1.29 is 27.5 Å². The van der Waals surface area contributed by atoms with Crippen LogP contribution < -0.4 is 20.1 Å². The third kappa shape index (κ3) is 7.11. The van der Waals surface area contributed by atoms with E-state index in [4.69, 9.17) is 4.74 Å². The van der Waals surface area contributed by atoms with Crippen LogP contribution in [-0.2, 0) is 24.4 Å². The molecule has 1 aromatic heterocycles. The summed E-state index contributed by atoms with van der Waals surface area (Å²) in [5, 5.41) is 6.19. The van der Waals surface area contributed by atoms with Gasteiger partial charge in [0.25, 0.3) is 11.1 Å². The van der Waals surface area contributed by atoms with Crippen LogP contribution in [-0.4, -0.2) is 71.5 Å². The Morgan fingerprint density at radius 1 is 1.08 bits per heavy atom. The molecule has 1 saturated heterocycles. The third-order valence-corrected chi connectivity index (χ3v) is 12.8. The molecule has 14 heteroatoms. The average Bonchev–Trinajstić information content (AvgIpc) is 3.95. The highest BCUT2D eigenvalue weighted by Gasteiger charge is 2.62. The molecular weight excluding hydrogens is 718 g/mol. The van der Waals surface area contributed by atoms with Crippen LogP contribution in [0.5, 0.6) is 5.19 Å². The molecule has 2 saturated carbocycles. The van der Waals surface area contributed by atoms with E-state index >= 15 is 0 Å². The van der Waals surface area contributed by atoms with Gasteiger partial charge < -0.3 is 20.3 Å². The molecule has 4 aliphatic rings. The van der Waals surface area contributed by atoms with Gasteiger partial charge in [-0.3, -0.25) is 19.1 Å². The van der Waals surface area contributed by atoms with Crippen molar-refractivity contribution in [1.82, 2.24) is 19.9 Å².